The first-order valence-electron chi connectivity index (χ1n) is 8.58. The lowest BCUT2D eigenvalue weighted by Crippen LogP contribution is -2.44. The number of benzene rings is 1. The second-order valence-electron chi connectivity index (χ2n) is 7.67. The maximum absolute atomic E-state index is 12.8. The van der Waals surface area contributed by atoms with Crippen LogP contribution in [0.1, 0.15) is 57.6 Å². The Morgan fingerprint density at radius 2 is 1.95 bits per heavy atom. The molecule has 3 rings (SSSR count). The fourth-order valence-electron chi connectivity index (χ4n) is 3.99. The molecule has 1 aromatic carbocycles. The van der Waals surface area contributed by atoms with Crippen molar-refractivity contribution in [2.45, 2.75) is 58.4 Å². The SMILES string of the molecule is C[C@@H]1CCCC[C@H]1C(=O)/C=C1\NC(C)(C)Cc2ccccc21. The molecule has 1 saturated carbocycles. The molecule has 0 unspecified atom stereocenters. The van der Waals surface area contributed by atoms with Gasteiger partial charge in [-0.15, -0.1) is 0 Å². The summed E-state index contributed by atoms with van der Waals surface area (Å²) in [5.74, 6) is 1.03. The highest BCUT2D eigenvalue weighted by atomic mass is 16.1. The first kappa shape index (κ1) is 15.3. The van der Waals surface area contributed by atoms with E-state index in [1.54, 1.807) is 0 Å². The number of carbonyl (C=O) groups excluding carboxylic acids is 1. The van der Waals surface area contributed by atoms with Crippen LogP contribution >= 0.6 is 0 Å². The second-order valence-corrected chi connectivity index (χ2v) is 7.67. The maximum Gasteiger partial charge on any atom is 0.161 e. The Morgan fingerprint density at radius 3 is 2.73 bits per heavy atom. The monoisotopic (exact) mass is 297 g/mol. The topological polar surface area (TPSA) is 29.1 Å². The average molecular weight is 297 g/mol. The van der Waals surface area contributed by atoms with Gasteiger partial charge >= 0.3 is 0 Å². The van der Waals surface area contributed by atoms with E-state index in [1.807, 2.05) is 6.08 Å². The van der Waals surface area contributed by atoms with Crippen LogP contribution in [0.3, 0.4) is 0 Å². The molecule has 0 aromatic heterocycles. The van der Waals surface area contributed by atoms with Crippen molar-refractivity contribution in [3.63, 3.8) is 0 Å². The van der Waals surface area contributed by atoms with Crippen LogP contribution in [0.4, 0.5) is 0 Å². The predicted molar refractivity (Wildman–Crippen MR) is 91.5 cm³/mol. The molecule has 1 N–H and O–H groups in total. The zero-order valence-electron chi connectivity index (χ0n) is 14.0. The summed E-state index contributed by atoms with van der Waals surface area (Å²) in [4.78, 5) is 12.8. The van der Waals surface area contributed by atoms with E-state index < -0.39 is 0 Å². The van der Waals surface area contributed by atoms with Gasteiger partial charge in [0.2, 0.25) is 0 Å². The zero-order chi connectivity index (χ0) is 15.7. The van der Waals surface area contributed by atoms with E-state index in [1.165, 1.54) is 30.4 Å². The van der Waals surface area contributed by atoms with Crippen molar-refractivity contribution in [3.8, 4) is 0 Å². The molecule has 22 heavy (non-hydrogen) atoms. The van der Waals surface area contributed by atoms with Crippen LogP contribution in [-0.4, -0.2) is 11.3 Å². The van der Waals surface area contributed by atoms with Crippen molar-refractivity contribution in [1.82, 2.24) is 5.32 Å². The minimum atomic E-state index is -0.00134. The van der Waals surface area contributed by atoms with Crippen molar-refractivity contribution < 1.29 is 4.79 Å². The van der Waals surface area contributed by atoms with Gasteiger partial charge in [-0.2, -0.15) is 0 Å². The number of nitrogens with one attached hydrogen (secondary N) is 1. The first-order chi connectivity index (χ1) is 10.5. The summed E-state index contributed by atoms with van der Waals surface area (Å²) < 4.78 is 0. The molecule has 2 aliphatic rings. The fraction of sp³-hybridized carbons (Fsp3) is 0.550. The van der Waals surface area contributed by atoms with Crippen LogP contribution in [0.5, 0.6) is 0 Å². The predicted octanol–water partition coefficient (Wildman–Crippen LogP) is 4.35. The number of ketones is 1. The van der Waals surface area contributed by atoms with Gasteiger partial charge in [0.1, 0.15) is 0 Å². The van der Waals surface area contributed by atoms with E-state index in [0.29, 0.717) is 11.7 Å². The van der Waals surface area contributed by atoms with E-state index in [0.717, 1.165) is 18.5 Å². The highest BCUT2D eigenvalue weighted by Crippen LogP contribution is 2.33. The van der Waals surface area contributed by atoms with Gasteiger partial charge in [-0.25, -0.2) is 0 Å². The Labute approximate surface area is 134 Å². The quantitative estimate of drug-likeness (QED) is 0.822. The number of fused-ring (bicyclic) bond motifs is 1. The zero-order valence-corrected chi connectivity index (χ0v) is 14.0. The van der Waals surface area contributed by atoms with Crippen LogP contribution in [0.15, 0.2) is 30.3 Å². The molecule has 1 aliphatic carbocycles. The molecule has 1 heterocycles. The number of carbonyl (C=O) groups is 1. The minimum Gasteiger partial charge on any atom is -0.379 e. The smallest absolute Gasteiger partial charge is 0.161 e. The Balaban J connectivity index is 1.91. The van der Waals surface area contributed by atoms with Gasteiger partial charge in [0.25, 0.3) is 0 Å². The molecule has 1 aliphatic heterocycles. The van der Waals surface area contributed by atoms with Gasteiger partial charge in [-0.3, -0.25) is 4.79 Å². The molecule has 1 aromatic rings. The van der Waals surface area contributed by atoms with E-state index in [9.17, 15) is 4.79 Å². The Kier molecular flexibility index (Phi) is 4.12. The van der Waals surface area contributed by atoms with Crippen molar-refractivity contribution in [2.75, 3.05) is 0 Å². The minimum absolute atomic E-state index is 0.00134. The summed E-state index contributed by atoms with van der Waals surface area (Å²) in [6.07, 6.45) is 7.58. The van der Waals surface area contributed by atoms with Gasteiger partial charge in [0.05, 0.1) is 0 Å². The fourth-order valence-corrected chi connectivity index (χ4v) is 3.99. The summed E-state index contributed by atoms with van der Waals surface area (Å²) >= 11 is 0. The maximum atomic E-state index is 12.8. The van der Waals surface area contributed by atoms with Gasteiger partial charge in [-0.05, 0) is 38.2 Å². The van der Waals surface area contributed by atoms with Crippen LogP contribution in [0.25, 0.3) is 5.70 Å². The van der Waals surface area contributed by atoms with Gasteiger partial charge in [-0.1, -0.05) is 50.5 Å². The third-order valence-electron chi connectivity index (χ3n) is 5.18. The molecule has 0 amide bonds. The molecule has 1 fully saturated rings. The van der Waals surface area contributed by atoms with Gasteiger partial charge in [0, 0.05) is 28.8 Å². The highest BCUT2D eigenvalue weighted by Gasteiger charge is 2.30. The second kappa shape index (κ2) is 5.91. The van der Waals surface area contributed by atoms with Crippen molar-refractivity contribution in [3.05, 3.63) is 41.5 Å². The third-order valence-corrected chi connectivity index (χ3v) is 5.18. The molecule has 2 heteroatoms. The van der Waals surface area contributed by atoms with Crippen molar-refractivity contribution in [2.24, 2.45) is 11.8 Å². The summed E-state index contributed by atoms with van der Waals surface area (Å²) in [7, 11) is 0. The highest BCUT2D eigenvalue weighted by molar-refractivity contribution is 5.98. The number of hydrogen-bond donors (Lipinski definition) is 1. The molecular formula is C20H27NO. The summed E-state index contributed by atoms with van der Waals surface area (Å²) in [5, 5.41) is 3.57. The summed E-state index contributed by atoms with van der Waals surface area (Å²) in [6, 6.07) is 8.45. The Hall–Kier alpha value is -1.57. The van der Waals surface area contributed by atoms with Crippen molar-refractivity contribution >= 4 is 11.5 Å². The third kappa shape index (κ3) is 3.11. The molecule has 0 spiro atoms. The van der Waals surface area contributed by atoms with Gasteiger partial charge < -0.3 is 5.32 Å². The molecule has 0 radical (unpaired) electrons. The van der Waals surface area contributed by atoms with Crippen LogP contribution in [0, 0.1) is 11.8 Å². The average Bonchev–Trinajstić information content (AvgIpc) is 2.46. The molecular weight excluding hydrogens is 270 g/mol. The van der Waals surface area contributed by atoms with E-state index in [4.69, 9.17) is 0 Å². The molecule has 0 saturated heterocycles. The lowest BCUT2D eigenvalue weighted by molar-refractivity contribution is -0.120. The Bertz CT molecular complexity index is 599. The van der Waals surface area contributed by atoms with E-state index in [2.05, 4.69) is 50.4 Å². The molecule has 2 nitrogen and oxygen atoms in total. The molecule has 2 atom stereocenters. The van der Waals surface area contributed by atoms with Crippen LogP contribution in [0.2, 0.25) is 0 Å². The standard InChI is InChI=1S/C20H27NO/c1-14-8-4-6-10-16(14)19(22)12-18-17-11-7-5-9-15(17)13-20(2,3)21-18/h5,7,9,11-12,14,16,21H,4,6,8,10,13H2,1-3H3/b18-12-/t14-,16-/m1/s1. The first-order valence-corrected chi connectivity index (χ1v) is 8.58. The normalized spacial score (nSPS) is 28.8. The number of rotatable bonds is 2. The van der Waals surface area contributed by atoms with Crippen molar-refractivity contribution in [1.29, 1.82) is 0 Å². The van der Waals surface area contributed by atoms with Crippen LogP contribution < -0.4 is 5.32 Å². The molecule has 0 bridgehead atoms. The number of hydrogen-bond acceptors (Lipinski definition) is 2. The van der Waals surface area contributed by atoms with E-state index >= 15 is 0 Å². The summed E-state index contributed by atoms with van der Waals surface area (Å²) in [6.45, 7) is 6.63. The summed E-state index contributed by atoms with van der Waals surface area (Å²) in [5.41, 5.74) is 3.54. The molecule has 118 valence electrons. The largest absolute Gasteiger partial charge is 0.379 e. The van der Waals surface area contributed by atoms with Gasteiger partial charge in [0.15, 0.2) is 5.78 Å². The lowest BCUT2D eigenvalue weighted by Gasteiger charge is -2.36. The van der Waals surface area contributed by atoms with E-state index in [-0.39, 0.29) is 11.5 Å². The lowest BCUT2D eigenvalue weighted by atomic mass is 9.77. The number of allylic oxidation sites excluding steroid dienone is 1. The Morgan fingerprint density at radius 1 is 1.23 bits per heavy atom. The van der Waals surface area contributed by atoms with Crippen LogP contribution in [-0.2, 0) is 11.2 Å².